The van der Waals surface area contributed by atoms with Crippen molar-refractivity contribution in [1.82, 2.24) is 10.2 Å². The maximum atomic E-state index is 13.8. The fourth-order valence-corrected chi connectivity index (χ4v) is 2.74. The van der Waals surface area contributed by atoms with Gasteiger partial charge >= 0.3 is 0 Å². The number of halogens is 1. The summed E-state index contributed by atoms with van der Waals surface area (Å²) < 4.78 is 13.8. The maximum Gasteiger partial charge on any atom is 0.248 e. The van der Waals surface area contributed by atoms with E-state index in [0.717, 1.165) is 0 Å². The Labute approximate surface area is 124 Å². The monoisotopic (exact) mass is 292 g/mol. The molecule has 1 saturated heterocycles. The molecule has 2 amide bonds. The minimum absolute atomic E-state index is 0.122. The number of nitrogens with zero attached hydrogens (tertiary/aromatic N) is 1. The Hall–Kier alpha value is -1.91. The van der Waals surface area contributed by atoms with Crippen molar-refractivity contribution < 1.29 is 14.0 Å². The first-order chi connectivity index (χ1) is 10.0. The van der Waals surface area contributed by atoms with Gasteiger partial charge in [0.05, 0.1) is 0 Å². The zero-order valence-electron chi connectivity index (χ0n) is 12.5. The van der Waals surface area contributed by atoms with Crippen molar-refractivity contribution in [3.8, 4) is 0 Å². The van der Waals surface area contributed by atoms with Gasteiger partial charge in [0, 0.05) is 25.1 Å². The molecule has 1 N–H and O–H groups in total. The smallest absolute Gasteiger partial charge is 0.248 e. The van der Waals surface area contributed by atoms with E-state index in [1.807, 2.05) is 13.8 Å². The molecule has 0 radical (unpaired) electrons. The van der Waals surface area contributed by atoms with Crippen LogP contribution < -0.4 is 5.32 Å². The summed E-state index contributed by atoms with van der Waals surface area (Å²) in [6.45, 7) is 4.28. The first-order valence-corrected chi connectivity index (χ1v) is 7.36. The molecule has 0 atom stereocenters. The molecular weight excluding hydrogens is 271 g/mol. The van der Waals surface area contributed by atoms with Gasteiger partial charge in [-0.3, -0.25) is 9.59 Å². The van der Waals surface area contributed by atoms with Gasteiger partial charge in [0.1, 0.15) is 11.4 Å². The summed E-state index contributed by atoms with van der Waals surface area (Å²) in [7, 11) is 0. The van der Waals surface area contributed by atoms with Crippen LogP contribution in [-0.4, -0.2) is 28.8 Å². The molecule has 1 aromatic carbocycles. The fraction of sp³-hybridized carbons (Fsp3) is 0.500. The van der Waals surface area contributed by atoms with Gasteiger partial charge < -0.3 is 10.2 Å². The summed E-state index contributed by atoms with van der Waals surface area (Å²) in [5.74, 6) is -0.572. The Morgan fingerprint density at radius 2 is 1.90 bits per heavy atom. The summed E-state index contributed by atoms with van der Waals surface area (Å²) >= 11 is 0. The third-order valence-electron chi connectivity index (χ3n) is 4.21. The highest BCUT2D eigenvalue weighted by atomic mass is 19.1. The molecule has 0 bridgehead atoms. The second-order valence-electron chi connectivity index (χ2n) is 5.41. The van der Waals surface area contributed by atoms with Crippen molar-refractivity contribution >= 4 is 11.8 Å². The Balaban J connectivity index is 2.28. The number of carbonyl (C=O) groups is 2. The minimum Gasteiger partial charge on any atom is -0.342 e. The molecule has 1 aliphatic heterocycles. The molecule has 4 nitrogen and oxygen atoms in total. The van der Waals surface area contributed by atoms with Crippen LogP contribution >= 0.6 is 0 Å². The van der Waals surface area contributed by atoms with Gasteiger partial charge in [-0.1, -0.05) is 32.0 Å². The molecule has 0 unspecified atom stereocenters. The number of carbonyl (C=O) groups excluding carboxylic acids is 2. The van der Waals surface area contributed by atoms with Gasteiger partial charge in [-0.05, 0) is 18.9 Å². The third kappa shape index (κ3) is 3.06. The van der Waals surface area contributed by atoms with E-state index < -0.39 is 5.54 Å². The number of rotatable bonds is 4. The Morgan fingerprint density at radius 3 is 2.52 bits per heavy atom. The highest BCUT2D eigenvalue weighted by molar-refractivity contribution is 5.93. The van der Waals surface area contributed by atoms with Crippen LogP contribution in [0.1, 0.15) is 38.7 Å². The number of amides is 2. The van der Waals surface area contributed by atoms with Crippen LogP contribution in [0.15, 0.2) is 24.3 Å². The lowest BCUT2D eigenvalue weighted by Crippen LogP contribution is -2.56. The van der Waals surface area contributed by atoms with Gasteiger partial charge in [0.25, 0.3) is 0 Å². The average molecular weight is 292 g/mol. The van der Waals surface area contributed by atoms with E-state index in [2.05, 4.69) is 5.32 Å². The molecule has 1 fully saturated rings. The molecule has 1 heterocycles. The summed E-state index contributed by atoms with van der Waals surface area (Å²) in [6, 6.07) is 6.42. The van der Waals surface area contributed by atoms with Crippen molar-refractivity contribution in [3.63, 3.8) is 0 Å². The highest BCUT2D eigenvalue weighted by Gasteiger charge is 2.41. The first-order valence-electron chi connectivity index (χ1n) is 7.36. The van der Waals surface area contributed by atoms with Crippen molar-refractivity contribution in [2.75, 3.05) is 6.54 Å². The normalized spacial score (nSPS) is 18.3. The van der Waals surface area contributed by atoms with Gasteiger partial charge in [-0.15, -0.1) is 0 Å². The average Bonchev–Trinajstić information content (AvgIpc) is 2.61. The first kappa shape index (κ1) is 15.5. The highest BCUT2D eigenvalue weighted by Crippen LogP contribution is 2.23. The van der Waals surface area contributed by atoms with Crippen molar-refractivity contribution in [2.24, 2.45) is 0 Å². The van der Waals surface area contributed by atoms with Gasteiger partial charge in [-0.25, -0.2) is 4.39 Å². The van der Waals surface area contributed by atoms with Crippen molar-refractivity contribution in [1.29, 1.82) is 0 Å². The molecular formula is C16H21FN2O2. The minimum atomic E-state index is -0.862. The fourth-order valence-electron chi connectivity index (χ4n) is 2.74. The van der Waals surface area contributed by atoms with E-state index in [4.69, 9.17) is 0 Å². The molecule has 1 aliphatic rings. The third-order valence-corrected chi connectivity index (χ3v) is 4.21. The quantitative estimate of drug-likeness (QED) is 0.925. The van der Waals surface area contributed by atoms with Gasteiger partial charge in [0.15, 0.2) is 0 Å². The number of nitrogens with one attached hydrogen (secondary N) is 1. The lowest BCUT2D eigenvalue weighted by atomic mass is 9.91. The van der Waals surface area contributed by atoms with Gasteiger partial charge in [0.2, 0.25) is 11.8 Å². The van der Waals surface area contributed by atoms with E-state index in [1.165, 1.54) is 6.07 Å². The second-order valence-corrected chi connectivity index (χ2v) is 5.41. The van der Waals surface area contributed by atoms with E-state index >= 15 is 0 Å². The molecule has 2 rings (SSSR count). The van der Waals surface area contributed by atoms with Crippen molar-refractivity contribution in [2.45, 2.75) is 45.2 Å². The topological polar surface area (TPSA) is 49.4 Å². The molecule has 114 valence electrons. The molecule has 0 spiro atoms. The maximum absolute atomic E-state index is 13.8. The lowest BCUT2D eigenvalue weighted by molar-refractivity contribution is -0.139. The van der Waals surface area contributed by atoms with Crippen LogP contribution in [-0.2, 0) is 16.1 Å². The summed E-state index contributed by atoms with van der Waals surface area (Å²) in [6.07, 6.45) is 1.31. The van der Waals surface area contributed by atoms with Crippen LogP contribution in [0.3, 0.4) is 0 Å². The van der Waals surface area contributed by atoms with Crippen LogP contribution in [0, 0.1) is 5.82 Å². The van der Waals surface area contributed by atoms with Crippen molar-refractivity contribution in [3.05, 3.63) is 35.6 Å². The summed E-state index contributed by atoms with van der Waals surface area (Å²) in [4.78, 5) is 26.2. The Bertz CT molecular complexity index is 541. The second kappa shape index (κ2) is 6.24. The predicted molar refractivity (Wildman–Crippen MR) is 77.9 cm³/mol. The van der Waals surface area contributed by atoms with Crippen LogP contribution in [0.4, 0.5) is 4.39 Å². The molecule has 5 heteroatoms. The zero-order valence-corrected chi connectivity index (χ0v) is 12.5. The zero-order chi connectivity index (χ0) is 15.5. The molecule has 21 heavy (non-hydrogen) atoms. The SMILES string of the molecule is CCC1(CC)NC(=O)CCN(Cc2ccccc2F)C1=O. The van der Waals surface area contributed by atoms with Crippen LogP contribution in [0.25, 0.3) is 0 Å². The molecule has 0 saturated carbocycles. The van der Waals surface area contributed by atoms with E-state index in [1.54, 1.807) is 23.1 Å². The molecule has 0 aromatic heterocycles. The number of hydrogen-bond acceptors (Lipinski definition) is 2. The largest absolute Gasteiger partial charge is 0.342 e. The molecule has 1 aromatic rings. The Kier molecular flexibility index (Phi) is 4.60. The number of hydrogen-bond donors (Lipinski definition) is 1. The summed E-state index contributed by atoms with van der Waals surface area (Å²) in [5.41, 5.74) is -0.389. The molecule has 0 aliphatic carbocycles. The lowest BCUT2D eigenvalue weighted by Gasteiger charge is -2.33. The van der Waals surface area contributed by atoms with E-state index in [0.29, 0.717) is 24.9 Å². The van der Waals surface area contributed by atoms with E-state index in [9.17, 15) is 14.0 Å². The number of benzene rings is 1. The summed E-state index contributed by atoms with van der Waals surface area (Å²) in [5, 5.41) is 2.85. The van der Waals surface area contributed by atoms with Gasteiger partial charge in [-0.2, -0.15) is 0 Å². The standard InChI is InChI=1S/C16H21FN2O2/c1-3-16(4-2)15(21)19(10-9-14(20)18-16)11-12-7-5-6-8-13(12)17/h5-8H,3-4,9-11H2,1-2H3,(H,18,20). The van der Waals surface area contributed by atoms with E-state index in [-0.39, 0.29) is 30.6 Å². The predicted octanol–water partition coefficient (Wildman–Crippen LogP) is 2.23. The Morgan fingerprint density at radius 1 is 1.24 bits per heavy atom. The van der Waals surface area contributed by atoms with Crippen LogP contribution in [0.2, 0.25) is 0 Å². The van der Waals surface area contributed by atoms with Crippen LogP contribution in [0.5, 0.6) is 0 Å².